The summed E-state index contributed by atoms with van der Waals surface area (Å²) in [4.78, 5) is 27.2. The molecule has 0 aliphatic rings. The second-order valence-corrected chi connectivity index (χ2v) is 9.14. The zero-order valence-corrected chi connectivity index (χ0v) is 16.5. The zero-order valence-electron chi connectivity index (χ0n) is 15.7. The van der Waals surface area contributed by atoms with Gasteiger partial charge in [-0.1, -0.05) is 0 Å². The number of ether oxygens (including phenoxy) is 2. The Hall–Kier alpha value is -2.61. The SMILES string of the molecule is COc1ccc(S(=O)(=O)C(CC=O)(C(=O)OC(C)(C)C)c2ccc[nH]2)cc1. The summed E-state index contributed by atoms with van der Waals surface area (Å²) in [5.41, 5.74) is -0.868. The van der Waals surface area contributed by atoms with Gasteiger partial charge in [0.25, 0.3) is 0 Å². The third-order valence-corrected chi connectivity index (χ3v) is 6.32. The Balaban J connectivity index is 2.73. The van der Waals surface area contributed by atoms with E-state index in [1.807, 2.05) is 0 Å². The summed E-state index contributed by atoms with van der Waals surface area (Å²) < 4.78 is 35.3. The van der Waals surface area contributed by atoms with Crippen molar-refractivity contribution in [2.75, 3.05) is 7.11 Å². The van der Waals surface area contributed by atoms with Crippen molar-refractivity contribution in [2.45, 2.75) is 42.4 Å². The lowest BCUT2D eigenvalue weighted by molar-refractivity contribution is -0.159. The van der Waals surface area contributed by atoms with Crippen LogP contribution in [-0.2, 0) is 28.9 Å². The van der Waals surface area contributed by atoms with Crippen molar-refractivity contribution >= 4 is 22.1 Å². The molecule has 8 heteroatoms. The molecule has 0 aliphatic heterocycles. The minimum atomic E-state index is -4.34. The first-order chi connectivity index (χ1) is 12.6. The van der Waals surface area contributed by atoms with Crippen LogP contribution in [0, 0.1) is 0 Å². The maximum Gasteiger partial charge on any atom is 0.335 e. The molecule has 0 spiro atoms. The number of methoxy groups -OCH3 is 1. The van der Waals surface area contributed by atoms with Gasteiger partial charge in [0.05, 0.1) is 12.0 Å². The number of benzene rings is 1. The number of carbonyl (C=O) groups excluding carboxylic acids is 2. The quantitative estimate of drug-likeness (QED) is 0.573. The molecular formula is C19H23NO6S. The van der Waals surface area contributed by atoms with E-state index >= 15 is 0 Å². The van der Waals surface area contributed by atoms with Crippen LogP contribution in [0.3, 0.4) is 0 Å². The number of H-pyrrole nitrogens is 1. The molecule has 2 rings (SSSR count). The molecule has 0 amide bonds. The fraction of sp³-hybridized carbons (Fsp3) is 0.368. The summed E-state index contributed by atoms with van der Waals surface area (Å²) in [6.45, 7) is 4.89. The third kappa shape index (κ3) is 3.90. The maximum absolute atomic E-state index is 13.5. The second kappa shape index (κ2) is 7.56. The van der Waals surface area contributed by atoms with Crippen molar-refractivity contribution in [1.82, 2.24) is 4.98 Å². The Morgan fingerprint density at radius 2 is 1.78 bits per heavy atom. The summed E-state index contributed by atoms with van der Waals surface area (Å²) in [5.74, 6) is -0.549. The fourth-order valence-electron chi connectivity index (χ4n) is 2.68. The normalized spacial score (nSPS) is 14.2. The van der Waals surface area contributed by atoms with Gasteiger partial charge in [-0.05, 0) is 57.2 Å². The van der Waals surface area contributed by atoms with Gasteiger partial charge in [0.1, 0.15) is 17.6 Å². The smallest absolute Gasteiger partial charge is 0.335 e. The Kier molecular flexibility index (Phi) is 5.79. The minimum absolute atomic E-state index is 0.0691. The number of rotatable bonds is 7. The van der Waals surface area contributed by atoms with Gasteiger partial charge in [-0.2, -0.15) is 0 Å². The summed E-state index contributed by atoms with van der Waals surface area (Å²) in [6.07, 6.45) is 1.31. The second-order valence-electron chi connectivity index (χ2n) is 6.96. The molecule has 1 aromatic carbocycles. The lowest BCUT2D eigenvalue weighted by Gasteiger charge is -2.32. The molecule has 0 fully saturated rings. The van der Waals surface area contributed by atoms with Crippen LogP contribution in [0.1, 0.15) is 32.9 Å². The van der Waals surface area contributed by atoms with Gasteiger partial charge in [-0.3, -0.25) is 0 Å². The average Bonchev–Trinajstić information content (AvgIpc) is 3.12. The van der Waals surface area contributed by atoms with Gasteiger partial charge < -0.3 is 19.3 Å². The number of hydrogen-bond acceptors (Lipinski definition) is 6. The largest absolute Gasteiger partial charge is 0.497 e. The van der Waals surface area contributed by atoms with E-state index in [0.29, 0.717) is 12.0 Å². The molecule has 2 aromatic rings. The van der Waals surface area contributed by atoms with Crippen molar-refractivity contribution in [3.05, 3.63) is 48.3 Å². The lowest BCUT2D eigenvalue weighted by Crippen LogP contribution is -2.48. The molecule has 0 saturated carbocycles. The van der Waals surface area contributed by atoms with Crippen LogP contribution >= 0.6 is 0 Å². The van der Waals surface area contributed by atoms with Crippen LogP contribution in [0.2, 0.25) is 0 Å². The molecule has 7 nitrogen and oxygen atoms in total. The van der Waals surface area contributed by atoms with E-state index in [1.54, 1.807) is 26.8 Å². The predicted octanol–water partition coefficient (Wildman–Crippen LogP) is 2.62. The minimum Gasteiger partial charge on any atom is -0.497 e. The number of carbonyl (C=O) groups is 2. The number of aldehydes is 1. The van der Waals surface area contributed by atoms with Crippen LogP contribution in [0.5, 0.6) is 5.75 Å². The predicted molar refractivity (Wildman–Crippen MR) is 99.2 cm³/mol. The average molecular weight is 393 g/mol. The summed E-state index contributed by atoms with van der Waals surface area (Å²) in [7, 11) is -2.88. The van der Waals surface area contributed by atoms with E-state index in [2.05, 4.69) is 4.98 Å². The van der Waals surface area contributed by atoms with E-state index in [0.717, 1.165) is 0 Å². The van der Waals surface area contributed by atoms with E-state index < -0.39 is 32.6 Å². The molecule has 0 aliphatic carbocycles. The first kappa shape index (κ1) is 20.7. The first-order valence-electron chi connectivity index (χ1n) is 8.28. The molecule has 0 saturated heterocycles. The van der Waals surface area contributed by atoms with Crippen LogP contribution in [0.4, 0.5) is 0 Å². The third-order valence-electron chi connectivity index (χ3n) is 3.96. The van der Waals surface area contributed by atoms with Gasteiger partial charge in [0.15, 0.2) is 0 Å². The molecule has 146 valence electrons. The van der Waals surface area contributed by atoms with Crippen molar-refractivity contribution in [3.63, 3.8) is 0 Å². The molecule has 27 heavy (non-hydrogen) atoms. The van der Waals surface area contributed by atoms with Crippen LogP contribution < -0.4 is 4.74 Å². The Bertz CT molecular complexity index is 895. The number of hydrogen-bond donors (Lipinski definition) is 1. The molecule has 0 bridgehead atoms. The Morgan fingerprint density at radius 3 is 2.22 bits per heavy atom. The number of aromatic amines is 1. The number of aromatic nitrogens is 1. The van der Waals surface area contributed by atoms with Crippen molar-refractivity contribution in [2.24, 2.45) is 0 Å². The zero-order chi connectivity index (χ0) is 20.3. The highest BCUT2D eigenvalue weighted by Crippen LogP contribution is 2.40. The fourth-order valence-corrected chi connectivity index (χ4v) is 4.54. The van der Waals surface area contributed by atoms with Gasteiger partial charge >= 0.3 is 5.97 Å². The van der Waals surface area contributed by atoms with Gasteiger partial charge in [0.2, 0.25) is 14.6 Å². The van der Waals surface area contributed by atoms with Gasteiger partial charge in [-0.15, -0.1) is 0 Å². The van der Waals surface area contributed by atoms with E-state index in [-0.39, 0.29) is 10.6 Å². The highest BCUT2D eigenvalue weighted by molar-refractivity contribution is 7.93. The number of esters is 1. The highest BCUT2D eigenvalue weighted by atomic mass is 32.2. The van der Waals surface area contributed by atoms with Gasteiger partial charge in [0, 0.05) is 18.3 Å². The summed E-state index contributed by atoms with van der Waals surface area (Å²) in [5, 5.41) is 0. The van der Waals surface area contributed by atoms with Crippen molar-refractivity contribution < 1.29 is 27.5 Å². The van der Waals surface area contributed by atoms with E-state index in [9.17, 15) is 18.0 Å². The van der Waals surface area contributed by atoms with Crippen LogP contribution in [0.15, 0.2) is 47.5 Å². The molecular weight excluding hydrogens is 370 g/mol. The monoisotopic (exact) mass is 393 g/mol. The molecule has 1 heterocycles. The Labute approximate surface area is 158 Å². The number of nitrogens with one attached hydrogen (secondary N) is 1. The molecule has 0 radical (unpaired) electrons. The molecule has 1 atom stereocenters. The van der Waals surface area contributed by atoms with Gasteiger partial charge in [-0.25, -0.2) is 13.2 Å². The Morgan fingerprint density at radius 1 is 1.15 bits per heavy atom. The molecule has 1 aromatic heterocycles. The lowest BCUT2D eigenvalue weighted by atomic mass is 10.0. The summed E-state index contributed by atoms with van der Waals surface area (Å²) in [6, 6.07) is 8.63. The summed E-state index contributed by atoms with van der Waals surface area (Å²) >= 11 is 0. The van der Waals surface area contributed by atoms with E-state index in [4.69, 9.17) is 9.47 Å². The van der Waals surface area contributed by atoms with Crippen LogP contribution in [0.25, 0.3) is 0 Å². The maximum atomic E-state index is 13.5. The van der Waals surface area contributed by atoms with Crippen LogP contribution in [-0.4, -0.2) is 38.4 Å². The van der Waals surface area contributed by atoms with Crippen molar-refractivity contribution in [1.29, 1.82) is 0 Å². The molecule has 1 unspecified atom stereocenters. The topological polar surface area (TPSA) is 103 Å². The highest BCUT2D eigenvalue weighted by Gasteiger charge is 2.55. The first-order valence-corrected chi connectivity index (χ1v) is 9.76. The van der Waals surface area contributed by atoms with E-state index in [1.165, 1.54) is 43.6 Å². The van der Waals surface area contributed by atoms with Crippen molar-refractivity contribution in [3.8, 4) is 5.75 Å². The number of sulfone groups is 1. The standard InChI is InChI=1S/C19H23NO6S/c1-18(2,3)26-17(22)19(11-13-21,16-6-5-12-20-16)27(23,24)15-9-7-14(25-4)8-10-15/h5-10,12-13,20H,11H2,1-4H3. The molecule has 1 N–H and O–H groups in total.